The third-order valence-corrected chi connectivity index (χ3v) is 5.25. The molecule has 106 valence electrons. The van der Waals surface area contributed by atoms with Crippen LogP contribution in [0.4, 0.5) is 0 Å². The highest BCUT2D eigenvalue weighted by Crippen LogP contribution is 2.25. The first-order valence-corrected chi connectivity index (χ1v) is 8.47. The number of rotatable bonds is 6. The Labute approximate surface area is 120 Å². The van der Waals surface area contributed by atoms with Crippen LogP contribution in [0, 0.1) is 11.8 Å². The van der Waals surface area contributed by atoms with Crippen molar-refractivity contribution in [3.05, 3.63) is 16.1 Å². The van der Waals surface area contributed by atoms with Crippen molar-refractivity contribution < 1.29 is 0 Å². The Balaban J connectivity index is 1.47. The Morgan fingerprint density at radius 3 is 2.95 bits per heavy atom. The average Bonchev–Trinajstić information content (AvgIpc) is 2.91. The van der Waals surface area contributed by atoms with Gasteiger partial charge in [-0.05, 0) is 37.6 Å². The van der Waals surface area contributed by atoms with Gasteiger partial charge in [-0.15, -0.1) is 11.3 Å². The van der Waals surface area contributed by atoms with Gasteiger partial charge in [-0.1, -0.05) is 13.8 Å². The van der Waals surface area contributed by atoms with Crippen molar-refractivity contribution in [2.24, 2.45) is 11.8 Å². The molecule has 0 bridgehead atoms. The van der Waals surface area contributed by atoms with Gasteiger partial charge in [-0.25, -0.2) is 4.98 Å². The van der Waals surface area contributed by atoms with Gasteiger partial charge < -0.3 is 5.32 Å². The van der Waals surface area contributed by atoms with Crippen molar-refractivity contribution in [2.45, 2.75) is 52.2 Å². The van der Waals surface area contributed by atoms with Crippen LogP contribution in [0.25, 0.3) is 0 Å². The van der Waals surface area contributed by atoms with Crippen LogP contribution in [-0.2, 0) is 13.1 Å². The first-order chi connectivity index (χ1) is 9.20. The molecular weight excluding hydrogens is 254 g/mol. The lowest BCUT2D eigenvalue weighted by molar-refractivity contribution is 0.294. The van der Waals surface area contributed by atoms with Crippen molar-refractivity contribution in [2.75, 3.05) is 13.1 Å². The van der Waals surface area contributed by atoms with Gasteiger partial charge in [0.2, 0.25) is 0 Å². The van der Waals surface area contributed by atoms with E-state index in [-0.39, 0.29) is 0 Å². The largest absolute Gasteiger partial charge is 0.308 e. The number of hydrogen-bond donors (Lipinski definition) is 1. The van der Waals surface area contributed by atoms with Gasteiger partial charge in [0.15, 0.2) is 0 Å². The zero-order chi connectivity index (χ0) is 13.2. The molecule has 2 heterocycles. The summed E-state index contributed by atoms with van der Waals surface area (Å²) in [7, 11) is 0. The molecule has 4 heteroatoms. The normalized spacial score (nSPS) is 24.5. The Morgan fingerprint density at radius 1 is 1.42 bits per heavy atom. The number of likely N-dealkylation sites (tertiary alicyclic amines) is 1. The number of nitrogens with one attached hydrogen (secondary N) is 1. The van der Waals surface area contributed by atoms with E-state index < -0.39 is 0 Å². The standard InChI is InChI=1S/C15H25N3S/c1-11(2)12-5-6-18(8-12)9-14-10-19-15(17-14)7-16-13-3-4-13/h10-13,16H,3-9H2,1-2H3. The monoisotopic (exact) mass is 279 g/mol. The molecule has 1 unspecified atom stereocenters. The van der Waals surface area contributed by atoms with E-state index in [9.17, 15) is 0 Å². The minimum Gasteiger partial charge on any atom is -0.308 e. The molecule has 0 amide bonds. The van der Waals surface area contributed by atoms with E-state index in [1.165, 1.54) is 43.1 Å². The summed E-state index contributed by atoms with van der Waals surface area (Å²) in [6, 6.07) is 0.776. The first kappa shape index (κ1) is 13.5. The predicted molar refractivity (Wildman–Crippen MR) is 80.2 cm³/mol. The molecule has 3 nitrogen and oxygen atoms in total. The summed E-state index contributed by atoms with van der Waals surface area (Å²) >= 11 is 1.81. The molecule has 1 saturated heterocycles. The lowest BCUT2D eigenvalue weighted by Crippen LogP contribution is -2.21. The average molecular weight is 279 g/mol. The summed E-state index contributed by atoms with van der Waals surface area (Å²) in [5, 5.41) is 7.03. The number of nitrogens with zero attached hydrogens (tertiary/aromatic N) is 2. The van der Waals surface area contributed by atoms with E-state index in [1.807, 2.05) is 11.3 Å². The molecule has 2 fully saturated rings. The molecule has 1 aromatic heterocycles. The van der Waals surface area contributed by atoms with Crippen LogP contribution in [0.5, 0.6) is 0 Å². The van der Waals surface area contributed by atoms with Crippen LogP contribution < -0.4 is 5.32 Å². The summed E-state index contributed by atoms with van der Waals surface area (Å²) in [5.41, 5.74) is 1.27. The van der Waals surface area contributed by atoms with Crippen LogP contribution in [0.15, 0.2) is 5.38 Å². The Morgan fingerprint density at radius 2 is 2.26 bits per heavy atom. The predicted octanol–water partition coefficient (Wildman–Crippen LogP) is 2.87. The van der Waals surface area contributed by atoms with Crippen molar-refractivity contribution in [3.8, 4) is 0 Å². The molecule has 3 rings (SSSR count). The fourth-order valence-electron chi connectivity index (χ4n) is 2.80. The fourth-order valence-corrected chi connectivity index (χ4v) is 3.54. The van der Waals surface area contributed by atoms with E-state index in [0.29, 0.717) is 0 Å². The van der Waals surface area contributed by atoms with Gasteiger partial charge in [0.1, 0.15) is 5.01 Å². The van der Waals surface area contributed by atoms with E-state index in [0.717, 1.165) is 31.0 Å². The minimum atomic E-state index is 0.776. The molecule has 0 aromatic carbocycles. The number of thiazole rings is 1. The van der Waals surface area contributed by atoms with Gasteiger partial charge >= 0.3 is 0 Å². The Bertz CT molecular complexity index is 411. The second kappa shape index (κ2) is 5.90. The SMILES string of the molecule is CC(C)C1CCN(Cc2csc(CNC3CC3)n2)C1. The highest BCUT2D eigenvalue weighted by Gasteiger charge is 2.25. The summed E-state index contributed by atoms with van der Waals surface area (Å²) in [4.78, 5) is 7.32. The highest BCUT2D eigenvalue weighted by atomic mass is 32.1. The molecule has 1 aromatic rings. The molecule has 1 aliphatic heterocycles. The molecular formula is C15H25N3S. The second-order valence-corrected chi connectivity index (χ2v) is 7.36. The maximum atomic E-state index is 4.76. The van der Waals surface area contributed by atoms with Crippen molar-refractivity contribution in [1.82, 2.24) is 15.2 Å². The van der Waals surface area contributed by atoms with E-state index >= 15 is 0 Å². The van der Waals surface area contributed by atoms with Gasteiger partial charge in [0.25, 0.3) is 0 Å². The molecule has 1 N–H and O–H groups in total. The van der Waals surface area contributed by atoms with Crippen LogP contribution in [0.2, 0.25) is 0 Å². The molecule has 1 aliphatic carbocycles. The third kappa shape index (κ3) is 3.77. The van der Waals surface area contributed by atoms with Crippen LogP contribution in [0.1, 0.15) is 43.8 Å². The van der Waals surface area contributed by atoms with Crippen LogP contribution >= 0.6 is 11.3 Å². The van der Waals surface area contributed by atoms with Crippen molar-refractivity contribution >= 4 is 11.3 Å². The zero-order valence-corrected chi connectivity index (χ0v) is 12.9. The lowest BCUT2D eigenvalue weighted by atomic mass is 9.95. The molecule has 0 spiro atoms. The summed E-state index contributed by atoms with van der Waals surface area (Å²) in [6.45, 7) is 9.20. The zero-order valence-electron chi connectivity index (χ0n) is 12.1. The number of aromatic nitrogens is 1. The van der Waals surface area contributed by atoms with Crippen molar-refractivity contribution in [3.63, 3.8) is 0 Å². The smallest absolute Gasteiger partial charge is 0.107 e. The van der Waals surface area contributed by atoms with Gasteiger partial charge in [-0.3, -0.25) is 4.90 Å². The van der Waals surface area contributed by atoms with Crippen molar-refractivity contribution in [1.29, 1.82) is 0 Å². The molecule has 0 radical (unpaired) electrons. The minimum absolute atomic E-state index is 0.776. The van der Waals surface area contributed by atoms with Crippen LogP contribution in [-0.4, -0.2) is 29.0 Å². The quantitative estimate of drug-likeness (QED) is 0.868. The summed E-state index contributed by atoms with van der Waals surface area (Å²) < 4.78 is 0. The molecule has 2 aliphatic rings. The maximum Gasteiger partial charge on any atom is 0.107 e. The van der Waals surface area contributed by atoms with Gasteiger partial charge in [0, 0.05) is 31.1 Å². The Kier molecular flexibility index (Phi) is 4.20. The van der Waals surface area contributed by atoms with Crippen LogP contribution in [0.3, 0.4) is 0 Å². The van der Waals surface area contributed by atoms with Gasteiger partial charge in [-0.2, -0.15) is 0 Å². The lowest BCUT2D eigenvalue weighted by Gasteiger charge is -2.16. The molecule has 19 heavy (non-hydrogen) atoms. The second-order valence-electron chi connectivity index (χ2n) is 6.42. The van der Waals surface area contributed by atoms with E-state index in [2.05, 4.69) is 29.4 Å². The summed E-state index contributed by atoms with van der Waals surface area (Å²) in [6.07, 6.45) is 4.06. The first-order valence-electron chi connectivity index (χ1n) is 7.59. The maximum absolute atomic E-state index is 4.76. The van der Waals surface area contributed by atoms with E-state index in [1.54, 1.807) is 0 Å². The van der Waals surface area contributed by atoms with E-state index in [4.69, 9.17) is 4.98 Å². The summed E-state index contributed by atoms with van der Waals surface area (Å²) in [5.74, 6) is 1.70. The molecule has 1 atom stereocenters. The number of hydrogen-bond acceptors (Lipinski definition) is 4. The Hall–Kier alpha value is -0.450. The third-order valence-electron chi connectivity index (χ3n) is 4.36. The fraction of sp³-hybridized carbons (Fsp3) is 0.800. The van der Waals surface area contributed by atoms with Gasteiger partial charge in [0.05, 0.1) is 5.69 Å². The topological polar surface area (TPSA) is 28.2 Å². The highest BCUT2D eigenvalue weighted by molar-refractivity contribution is 7.09. The molecule has 1 saturated carbocycles.